The van der Waals surface area contributed by atoms with E-state index in [1.165, 1.54) is 0 Å². The van der Waals surface area contributed by atoms with Gasteiger partial charge in [0.25, 0.3) is 6.01 Å². The minimum Gasteiger partial charge on any atom is -0.481 e. The van der Waals surface area contributed by atoms with Crippen molar-refractivity contribution in [2.24, 2.45) is 11.8 Å². The molecule has 1 saturated heterocycles. The van der Waals surface area contributed by atoms with Crippen molar-refractivity contribution in [3.63, 3.8) is 0 Å². The van der Waals surface area contributed by atoms with Crippen molar-refractivity contribution in [2.45, 2.75) is 38.7 Å². The normalized spacial score (nSPS) is 22.0. The molecular weight excluding hydrogens is 456 g/mol. The van der Waals surface area contributed by atoms with Crippen LogP contribution in [0.15, 0.2) is 30.3 Å². The predicted molar refractivity (Wildman–Crippen MR) is 131 cm³/mol. The van der Waals surface area contributed by atoms with Gasteiger partial charge in [-0.3, -0.25) is 4.79 Å². The van der Waals surface area contributed by atoms with Gasteiger partial charge in [-0.2, -0.15) is 4.98 Å². The summed E-state index contributed by atoms with van der Waals surface area (Å²) in [5, 5.41) is 9.75. The molecule has 2 N–H and O–H groups in total. The number of H-pyrrole nitrogens is 1. The number of aliphatic carboxylic acids is 1. The Kier molecular flexibility index (Phi) is 6.61. The summed E-state index contributed by atoms with van der Waals surface area (Å²) in [6.45, 7) is 5.29. The van der Waals surface area contributed by atoms with Gasteiger partial charge < -0.3 is 24.5 Å². The number of nitrogens with one attached hydrogen (secondary N) is 1. The molecular formula is C25H29ClN4O4. The number of aromatic nitrogens is 3. The summed E-state index contributed by atoms with van der Waals surface area (Å²) in [5.41, 5.74) is 4.04. The van der Waals surface area contributed by atoms with Crippen LogP contribution >= 0.6 is 11.6 Å². The summed E-state index contributed by atoms with van der Waals surface area (Å²) in [6.07, 6.45) is 3.00. The van der Waals surface area contributed by atoms with E-state index in [2.05, 4.69) is 27.0 Å². The zero-order chi connectivity index (χ0) is 23.7. The standard InChI is InChI=1S/C25H29ClN4O4/c1-15(16-2-4-18(5-3-16)24(31)32)34-25-27-21-14-20(26)22(28-23(21)29-25)17-6-8-19(9-7-17)30-10-12-33-13-11-30/h6-9,14-16,18H,2-5,10-13H2,1H3,(H,31,32)(H,27,28,29)/t15-,16?,18?/m1/s1. The molecule has 8 nitrogen and oxygen atoms in total. The van der Waals surface area contributed by atoms with Crippen LogP contribution in [0, 0.1) is 11.8 Å². The number of morpholine rings is 1. The number of hydrogen-bond acceptors (Lipinski definition) is 6. The first-order valence-corrected chi connectivity index (χ1v) is 12.2. The van der Waals surface area contributed by atoms with Crippen LogP contribution in [0.5, 0.6) is 6.01 Å². The highest BCUT2D eigenvalue weighted by molar-refractivity contribution is 6.33. The fraction of sp³-hybridized carbons (Fsp3) is 0.480. The van der Waals surface area contributed by atoms with E-state index >= 15 is 0 Å². The van der Waals surface area contributed by atoms with E-state index in [0.717, 1.165) is 55.9 Å². The highest BCUT2D eigenvalue weighted by Crippen LogP contribution is 2.34. The van der Waals surface area contributed by atoms with Gasteiger partial charge in [0.2, 0.25) is 0 Å². The Morgan fingerprint density at radius 1 is 1.18 bits per heavy atom. The van der Waals surface area contributed by atoms with Crippen LogP contribution < -0.4 is 9.64 Å². The first-order valence-electron chi connectivity index (χ1n) is 11.9. The largest absolute Gasteiger partial charge is 0.481 e. The fourth-order valence-electron chi connectivity index (χ4n) is 4.91. The van der Waals surface area contributed by atoms with Crippen molar-refractivity contribution in [3.8, 4) is 17.3 Å². The van der Waals surface area contributed by atoms with Gasteiger partial charge in [-0.15, -0.1) is 0 Å². The van der Waals surface area contributed by atoms with Crippen LogP contribution in [0.2, 0.25) is 5.02 Å². The molecule has 0 unspecified atom stereocenters. The van der Waals surface area contributed by atoms with Crippen LogP contribution in [-0.2, 0) is 9.53 Å². The number of pyridine rings is 1. The SMILES string of the molecule is C[C@@H](Oc1nc2nc(-c3ccc(N4CCOCC4)cc3)c(Cl)cc2[nH]1)C1CCC(C(=O)O)CC1. The molecule has 180 valence electrons. The summed E-state index contributed by atoms with van der Waals surface area (Å²) >= 11 is 6.58. The lowest BCUT2D eigenvalue weighted by molar-refractivity contribution is -0.143. The summed E-state index contributed by atoms with van der Waals surface area (Å²) in [6, 6.07) is 10.5. The molecule has 0 bridgehead atoms. The Hall–Kier alpha value is -2.84. The number of carboxylic acids is 1. The molecule has 0 radical (unpaired) electrons. The van der Waals surface area contributed by atoms with E-state index in [-0.39, 0.29) is 12.0 Å². The highest BCUT2D eigenvalue weighted by atomic mass is 35.5. The van der Waals surface area contributed by atoms with Gasteiger partial charge in [-0.25, -0.2) is 4.98 Å². The molecule has 2 aliphatic rings. The summed E-state index contributed by atoms with van der Waals surface area (Å²) in [7, 11) is 0. The molecule has 0 spiro atoms. The van der Waals surface area contributed by atoms with Crippen molar-refractivity contribution in [1.82, 2.24) is 15.0 Å². The second-order valence-corrected chi connectivity index (χ2v) is 9.56. The van der Waals surface area contributed by atoms with Gasteiger partial charge in [0.1, 0.15) is 6.10 Å². The molecule has 1 aliphatic heterocycles. The Balaban J connectivity index is 1.29. The molecule has 2 aromatic heterocycles. The van der Waals surface area contributed by atoms with Crippen molar-refractivity contribution in [2.75, 3.05) is 31.2 Å². The zero-order valence-electron chi connectivity index (χ0n) is 19.2. The third kappa shape index (κ3) is 4.83. The maximum Gasteiger partial charge on any atom is 0.306 e. The summed E-state index contributed by atoms with van der Waals surface area (Å²) in [4.78, 5) is 25.9. The molecule has 3 aromatic rings. The average Bonchev–Trinajstić information content (AvgIpc) is 3.25. The van der Waals surface area contributed by atoms with Crippen molar-refractivity contribution in [3.05, 3.63) is 35.4 Å². The minimum atomic E-state index is -0.696. The molecule has 1 saturated carbocycles. The predicted octanol–water partition coefficient (Wildman–Crippen LogP) is 4.77. The number of hydrogen-bond donors (Lipinski definition) is 2. The molecule has 3 heterocycles. The maximum atomic E-state index is 11.2. The number of imidazole rings is 1. The van der Waals surface area contributed by atoms with Crippen LogP contribution in [0.25, 0.3) is 22.4 Å². The Morgan fingerprint density at radius 2 is 1.88 bits per heavy atom. The van der Waals surface area contributed by atoms with Gasteiger partial charge in [0.15, 0.2) is 5.65 Å². The number of aromatic amines is 1. The van der Waals surface area contributed by atoms with E-state index < -0.39 is 5.97 Å². The first kappa shape index (κ1) is 22.9. The molecule has 1 aliphatic carbocycles. The van der Waals surface area contributed by atoms with Crippen LogP contribution in [0.3, 0.4) is 0 Å². The van der Waals surface area contributed by atoms with E-state index in [1.807, 2.05) is 25.1 Å². The van der Waals surface area contributed by atoms with Gasteiger partial charge in [-0.05, 0) is 56.7 Å². The average molecular weight is 485 g/mol. The molecule has 1 atom stereocenters. The van der Waals surface area contributed by atoms with Gasteiger partial charge in [0, 0.05) is 24.3 Å². The van der Waals surface area contributed by atoms with Crippen molar-refractivity contribution < 1.29 is 19.4 Å². The number of ether oxygens (including phenoxy) is 2. The Labute approximate surface area is 203 Å². The number of benzene rings is 1. The van der Waals surface area contributed by atoms with E-state index in [1.54, 1.807) is 0 Å². The number of anilines is 1. The van der Waals surface area contributed by atoms with Crippen LogP contribution in [-0.4, -0.2) is 58.4 Å². The zero-order valence-corrected chi connectivity index (χ0v) is 19.9. The molecule has 2 fully saturated rings. The quantitative estimate of drug-likeness (QED) is 0.519. The van der Waals surface area contributed by atoms with Crippen LogP contribution in [0.4, 0.5) is 5.69 Å². The number of carboxylic acid groups (broad SMARTS) is 1. The van der Waals surface area contributed by atoms with Gasteiger partial charge >= 0.3 is 5.97 Å². The Bertz CT molecular complexity index is 1150. The Morgan fingerprint density at radius 3 is 2.56 bits per heavy atom. The molecule has 1 aromatic carbocycles. The topological polar surface area (TPSA) is 101 Å². The third-order valence-corrected chi connectivity index (χ3v) is 7.29. The molecule has 34 heavy (non-hydrogen) atoms. The van der Waals surface area contributed by atoms with Gasteiger partial charge in [0.05, 0.1) is 35.4 Å². The lowest BCUT2D eigenvalue weighted by Crippen LogP contribution is -2.36. The van der Waals surface area contributed by atoms with E-state index in [9.17, 15) is 9.90 Å². The smallest absolute Gasteiger partial charge is 0.306 e. The molecule has 0 amide bonds. The monoisotopic (exact) mass is 484 g/mol. The maximum absolute atomic E-state index is 11.2. The first-order chi connectivity index (χ1) is 16.5. The third-order valence-electron chi connectivity index (χ3n) is 7.00. The molecule has 5 rings (SSSR count). The summed E-state index contributed by atoms with van der Waals surface area (Å²) < 4.78 is 11.5. The lowest BCUT2D eigenvalue weighted by Gasteiger charge is -2.30. The lowest BCUT2D eigenvalue weighted by atomic mass is 9.80. The fourth-order valence-corrected chi connectivity index (χ4v) is 5.17. The number of carbonyl (C=O) groups is 1. The number of fused-ring (bicyclic) bond motifs is 1. The highest BCUT2D eigenvalue weighted by Gasteiger charge is 2.30. The summed E-state index contributed by atoms with van der Waals surface area (Å²) in [5.74, 6) is -0.623. The van der Waals surface area contributed by atoms with E-state index in [0.29, 0.717) is 41.1 Å². The van der Waals surface area contributed by atoms with Crippen molar-refractivity contribution >= 4 is 34.4 Å². The number of halogens is 1. The second-order valence-electron chi connectivity index (χ2n) is 9.15. The second kappa shape index (κ2) is 9.80. The molecule has 9 heteroatoms. The van der Waals surface area contributed by atoms with Crippen LogP contribution in [0.1, 0.15) is 32.6 Å². The van der Waals surface area contributed by atoms with E-state index in [4.69, 9.17) is 26.1 Å². The number of nitrogens with zero attached hydrogens (tertiary/aromatic N) is 3. The van der Waals surface area contributed by atoms with Gasteiger partial charge in [-0.1, -0.05) is 23.7 Å². The minimum absolute atomic E-state index is 0.0713. The number of rotatable bonds is 6. The van der Waals surface area contributed by atoms with Crippen molar-refractivity contribution in [1.29, 1.82) is 0 Å².